The van der Waals surface area contributed by atoms with E-state index < -0.39 is 6.09 Å². The molecule has 0 aliphatic carbocycles. The van der Waals surface area contributed by atoms with E-state index in [1.165, 1.54) is 0 Å². The van der Waals surface area contributed by atoms with Gasteiger partial charge >= 0.3 is 6.09 Å². The number of aliphatic hydroxyl groups is 1. The van der Waals surface area contributed by atoms with E-state index in [0.717, 1.165) is 5.56 Å². The lowest BCUT2D eigenvalue weighted by atomic mass is 10.1. The number of carbonyl (C=O) groups is 1. The van der Waals surface area contributed by atoms with Crippen molar-refractivity contribution in [3.05, 3.63) is 34.9 Å². The van der Waals surface area contributed by atoms with Gasteiger partial charge in [-0.2, -0.15) is 0 Å². The molecule has 0 aliphatic rings. The third kappa shape index (κ3) is 5.56. The molecule has 1 amide bonds. The van der Waals surface area contributed by atoms with Crippen LogP contribution in [0.25, 0.3) is 0 Å². The summed E-state index contributed by atoms with van der Waals surface area (Å²) in [5.41, 5.74) is 1.09. The molecule has 0 saturated carbocycles. The van der Waals surface area contributed by atoms with Gasteiger partial charge in [0.1, 0.15) is 6.61 Å². The second-order valence-electron chi connectivity index (χ2n) is 3.74. The largest absolute Gasteiger partial charge is 0.447 e. The topological polar surface area (TPSA) is 58.6 Å². The maximum atomic E-state index is 11.2. The van der Waals surface area contributed by atoms with E-state index in [1.807, 2.05) is 31.2 Å². The summed E-state index contributed by atoms with van der Waals surface area (Å²) in [6.07, 6.45) is 0.186. The van der Waals surface area contributed by atoms with Crippen LogP contribution in [0.3, 0.4) is 0 Å². The first-order valence-electron chi connectivity index (χ1n) is 5.40. The quantitative estimate of drug-likeness (QED) is 0.848. The Bertz CT molecular complexity index is 353. The Morgan fingerprint density at radius 1 is 1.47 bits per heavy atom. The molecule has 0 radical (unpaired) electrons. The van der Waals surface area contributed by atoms with Gasteiger partial charge in [-0.15, -0.1) is 0 Å². The molecule has 0 aliphatic heterocycles. The van der Waals surface area contributed by atoms with Crippen LogP contribution in [-0.4, -0.2) is 30.5 Å². The Hall–Kier alpha value is -1.26. The van der Waals surface area contributed by atoms with Gasteiger partial charge < -0.3 is 15.2 Å². The van der Waals surface area contributed by atoms with Crippen molar-refractivity contribution < 1.29 is 14.6 Å². The van der Waals surface area contributed by atoms with Gasteiger partial charge in [-0.3, -0.25) is 0 Å². The number of rotatable bonds is 5. The highest BCUT2D eigenvalue weighted by molar-refractivity contribution is 6.30. The molecular formula is C12H16ClNO3. The summed E-state index contributed by atoms with van der Waals surface area (Å²) in [5, 5.41) is 11.9. The van der Waals surface area contributed by atoms with Gasteiger partial charge in [-0.1, -0.05) is 23.7 Å². The average molecular weight is 258 g/mol. The minimum Gasteiger partial charge on any atom is -0.447 e. The molecule has 0 bridgehead atoms. The first-order chi connectivity index (χ1) is 8.11. The summed E-state index contributed by atoms with van der Waals surface area (Å²) in [4.78, 5) is 11.2. The van der Waals surface area contributed by atoms with Crippen LogP contribution in [0.1, 0.15) is 12.5 Å². The van der Waals surface area contributed by atoms with Crippen LogP contribution in [-0.2, 0) is 11.2 Å². The summed E-state index contributed by atoms with van der Waals surface area (Å²) < 4.78 is 4.70. The Balaban J connectivity index is 2.36. The first kappa shape index (κ1) is 13.8. The molecule has 17 heavy (non-hydrogen) atoms. The van der Waals surface area contributed by atoms with Gasteiger partial charge in [0.15, 0.2) is 0 Å². The van der Waals surface area contributed by atoms with E-state index in [-0.39, 0.29) is 19.3 Å². The average Bonchev–Trinajstić information content (AvgIpc) is 2.29. The molecule has 1 aromatic rings. The molecule has 1 rings (SSSR count). The van der Waals surface area contributed by atoms with Crippen molar-refractivity contribution in [2.75, 3.05) is 13.2 Å². The van der Waals surface area contributed by atoms with Gasteiger partial charge in [0.05, 0.1) is 6.61 Å². The third-order valence-corrected chi connectivity index (χ3v) is 2.40. The van der Waals surface area contributed by atoms with Crippen LogP contribution < -0.4 is 5.32 Å². The molecule has 5 heteroatoms. The van der Waals surface area contributed by atoms with Crippen LogP contribution in [0.2, 0.25) is 5.02 Å². The number of hydrogen-bond acceptors (Lipinski definition) is 3. The lowest BCUT2D eigenvalue weighted by Crippen LogP contribution is -2.35. The highest BCUT2D eigenvalue weighted by Gasteiger charge is 2.08. The molecule has 1 aromatic carbocycles. The van der Waals surface area contributed by atoms with Crippen molar-refractivity contribution in [3.8, 4) is 0 Å². The zero-order valence-corrected chi connectivity index (χ0v) is 10.4. The van der Waals surface area contributed by atoms with E-state index in [9.17, 15) is 4.79 Å². The molecule has 0 saturated heterocycles. The Morgan fingerprint density at radius 2 is 2.12 bits per heavy atom. The number of halogens is 1. The van der Waals surface area contributed by atoms with Gasteiger partial charge in [0.25, 0.3) is 0 Å². The fraction of sp³-hybridized carbons (Fsp3) is 0.417. The summed E-state index contributed by atoms with van der Waals surface area (Å²) in [6.45, 7) is 1.73. The minimum atomic E-state index is -0.513. The lowest BCUT2D eigenvalue weighted by molar-refractivity contribution is 0.116. The van der Waals surface area contributed by atoms with E-state index >= 15 is 0 Å². The summed E-state index contributed by atoms with van der Waals surface area (Å²) in [7, 11) is 0. The monoisotopic (exact) mass is 257 g/mol. The Morgan fingerprint density at radius 3 is 2.71 bits per heavy atom. The number of nitrogens with one attached hydrogen (secondary N) is 1. The number of amides is 1. The predicted molar refractivity (Wildman–Crippen MR) is 66.2 cm³/mol. The molecule has 94 valence electrons. The maximum absolute atomic E-state index is 11.2. The SMILES string of the molecule is CC(Cc1ccc(Cl)cc1)NC(=O)OCCO. The second-order valence-corrected chi connectivity index (χ2v) is 4.17. The Labute approximate surface area is 106 Å². The van der Waals surface area contributed by atoms with Gasteiger partial charge in [0, 0.05) is 11.1 Å². The van der Waals surface area contributed by atoms with Gasteiger partial charge in [0.2, 0.25) is 0 Å². The fourth-order valence-electron chi connectivity index (χ4n) is 1.41. The second kappa shape index (κ2) is 7.14. The highest BCUT2D eigenvalue weighted by atomic mass is 35.5. The summed E-state index contributed by atoms with van der Waals surface area (Å²) >= 11 is 5.78. The normalized spacial score (nSPS) is 11.9. The molecule has 0 heterocycles. The first-order valence-corrected chi connectivity index (χ1v) is 5.78. The van der Waals surface area contributed by atoms with E-state index in [0.29, 0.717) is 11.4 Å². The highest BCUT2D eigenvalue weighted by Crippen LogP contribution is 2.10. The van der Waals surface area contributed by atoms with Crippen molar-refractivity contribution in [1.29, 1.82) is 0 Å². The molecular weight excluding hydrogens is 242 g/mol. The maximum Gasteiger partial charge on any atom is 0.407 e. The molecule has 0 fully saturated rings. The summed E-state index contributed by atoms with van der Waals surface area (Å²) in [5.74, 6) is 0. The van der Waals surface area contributed by atoms with Crippen LogP contribution >= 0.6 is 11.6 Å². The van der Waals surface area contributed by atoms with Crippen LogP contribution in [0.5, 0.6) is 0 Å². The van der Waals surface area contributed by atoms with Crippen LogP contribution in [0.4, 0.5) is 4.79 Å². The van der Waals surface area contributed by atoms with Gasteiger partial charge in [-0.05, 0) is 31.0 Å². The van der Waals surface area contributed by atoms with Crippen molar-refractivity contribution in [3.63, 3.8) is 0 Å². The molecule has 0 spiro atoms. The van der Waals surface area contributed by atoms with E-state index in [4.69, 9.17) is 21.4 Å². The fourth-order valence-corrected chi connectivity index (χ4v) is 1.53. The number of carbonyl (C=O) groups excluding carboxylic acids is 1. The smallest absolute Gasteiger partial charge is 0.407 e. The molecule has 2 N–H and O–H groups in total. The zero-order chi connectivity index (χ0) is 12.7. The summed E-state index contributed by atoms with van der Waals surface area (Å²) in [6, 6.07) is 7.42. The number of benzene rings is 1. The molecule has 1 unspecified atom stereocenters. The number of alkyl carbamates (subject to hydrolysis) is 1. The van der Waals surface area contributed by atoms with E-state index in [1.54, 1.807) is 0 Å². The van der Waals surface area contributed by atoms with Crippen molar-refractivity contribution in [2.45, 2.75) is 19.4 Å². The molecule has 0 aromatic heterocycles. The predicted octanol–water partition coefficient (Wildman–Crippen LogP) is 1.99. The van der Waals surface area contributed by atoms with Gasteiger partial charge in [-0.25, -0.2) is 4.79 Å². The molecule has 1 atom stereocenters. The molecule has 4 nitrogen and oxygen atoms in total. The number of ether oxygens (including phenoxy) is 1. The lowest BCUT2D eigenvalue weighted by Gasteiger charge is -2.13. The zero-order valence-electron chi connectivity index (χ0n) is 9.65. The third-order valence-electron chi connectivity index (χ3n) is 2.14. The Kier molecular flexibility index (Phi) is 5.80. The van der Waals surface area contributed by atoms with Crippen LogP contribution in [0.15, 0.2) is 24.3 Å². The number of hydrogen-bond donors (Lipinski definition) is 2. The van der Waals surface area contributed by atoms with Crippen LogP contribution in [0, 0.1) is 0 Å². The van der Waals surface area contributed by atoms with Crippen molar-refractivity contribution in [2.24, 2.45) is 0 Å². The van der Waals surface area contributed by atoms with Crippen molar-refractivity contribution >= 4 is 17.7 Å². The standard InChI is InChI=1S/C12H16ClNO3/c1-9(14-12(16)17-7-6-15)8-10-2-4-11(13)5-3-10/h2-5,9,15H,6-8H2,1H3,(H,14,16). The van der Waals surface area contributed by atoms with Crippen molar-refractivity contribution in [1.82, 2.24) is 5.32 Å². The minimum absolute atomic E-state index is 0.0134. The number of aliphatic hydroxyl groups excluding tert-OH is 1. The van der Waals surface area contributed by atoms with E-state index in [2.05, 4.69) is 5.32 Å².